The number of hydrogen-bond donors (Lipinski definition) is 0. The van der Waals surface area contributed by atoms with Gasteiger partial charge in [-0.2, -0.15) is 0 Å². The topological polar surface area (TPSA) is 11.3 Å². The molecule has 0 atom stereocenters. The van der Waals surface area contributed by atoms with E-state index in [1.54, 1.807) is 12.5 Å². The number of rotatable bonds is 0. The SMILES string of the molecule is c1cc2[se]ccc2c[o+]1. The van der Waals surface area contributed by atoms with Crippen molar-refractivity contribution < 1.29 is 4.42 Å². The zero-order chi connectivity index (χ0) is 6.10. The van der Waals surface area contributed by atoms with Crippen molar-refractivity contribution in [2.75, 3.05) is 0 Å². The summed E-state index contributed by atoms with van der Waals surface area (Å²) in [6.07, 6.45) is 3.52. The van der Waals surface area contributed by atoms with Gasteiger partial charge in [0.2, 0.25) is 0 Å². The maximum atomic E-state index is 4.98. The second-order valence-electron chi connectivity index (χ2n) is 1.80. The molecule has 1 nitrogen and oxygen atoms in total. The minimum atomic E-state index is 0.562. The summed E-state index contributed by atoms with van der Waals surface area (Å²) in [4.78, 5) is 2.20. The van der Waals surface area contributed by atoms with Crippen molar-refractivity contribution in [3.63, 3.8) is 0 Å². The molecule has 0 aliphatic heterocycles. The van der Waals surface area contributed by atoms with Gasteiger partial charge in [-0.1, -0.05) is 0 Å². The van der Waals surface area contributed by atoms with E-state index in [0.717, 1.165) is 0 Å². The Morgan fingerprint density at radius 3 is 3.22 bits per heavy atom. The van der Waals surface area contributed by atoms with Crippen LogP contribution < -0.4 is 0 Å². The molecule has 0 radical (unpaired) electrons. The molecular weight excluding hydrogens is 179 g/mol. The van der Waals surface area contributed by atoms with Crippen LogP contribution in [0.5, 0.6) is 0 Å². The molecule has 2 heteroatoms. The molecular formula is C7H5OSe+. The Bertz CT molecular complexity index is 283. The molecule has 0 saturated carbocycles. The second kappa shape index (κ2) is 1.98. The van der Waals surface area contributed by atoms with Crippen molar-refractivity contribution in [3.05, 3.63) is 29.6 Å². The standard InChI is InChI=1S/C7H5OSe/c1-3-8-5-6-2-4-9-7(1)6/h1-5H/q+1. The van der Waals surface area contributed by atoms with Crippen molar-refractivity contribution in [3.8, 4) is 0 Å². The predicted octanol–water partition coefficient (Wildman–Crippen LogP) is 1.77. The third-order valence-electron chi connectivity index (χ3n) is 1.22. The van der Waals surface area contributed by atoms with Crippen LogP contribution in [0.15, 0.2) is 34.0 Å². The van der Waals surface area contributed by atoms with E-state index in [4.69, 9.17) is 4.42 Å². The van der Waals surface area contributed by atoms with Gasteiger partial charge in [-0.15, -0.1) is 0 Å². The van der Waals surface area contributed by atoms with Gasteiger partial charge in [-0.05, 0) is 0 Å². The minimum absolute atomic E-state index is 0.562. The van der Waals surface area contributed by atoms with Crippen LogP contribution in [0.1, 0.15) is 0 Å². The van der Waals surface area contributed by atoms with Gasteiger partial charge in [0.15, 0.2) is 0 Å². The molecule has 0 bridgehead atoms. The molecule has 2 aromatic heterocycles. The molecule has 0 amide bonds. The van der Waals surface area contributed by atoms with Crippen LogP contribution in [0.4, 0.5) is 0 Å². The third-order valence-corrected chi connectivity index (χ3v) is 3.10. The van der Waals surface area contributed by atoms with Crippen LogP contribution in [0, 0.1) is 0 Å². The first-order chi connectivity index (χ1) is 4.47. The molecule has 0 spiro atoms. The summed E-state index contributed by atoms with van der Waals surface area (Å²) in [6, 6.07) is 4.15. The van der Waals surface area contributed by atoms with E-state index < -0.39 is 0 Å². The van der Waals surface area contributed by atoms with Gasteiger partial charge in [0.1, 0.15) is 0 Å². The Labute approximate surface area is 58.7 Å². The average Bonchev–Trinajstić information content (AvgIpc) is 2.33. The van der Waals surface area contributed by atoms with E-state index in [2.05, 4.69) is 11.0 Å². The van der Waals surface area contributed by atoms with Gasteiger partial charge >= 0.3 is 58.2 Å². The Hall–Kier alpha value is -0.591. The van der Waals surface area contributed by atoms with E-state index in [9.17, 15) is 0 Å². The molecule has 0 unspecified atom stereocenters. The molecule has 0 aliphatic carbocycles. The summed E-state index contributed by atoms with van der Waals surface area (Å²) in [5.74, 6) is 0. The Morgan fingerprint density at radius 1 is 1.33 bits per heavy atom. The summed E-state index contributed by atoms with van der Waals surface area (Å²) >= 11 is 0.562. The molecule has 2 aromatic rings. The van der Waals surface area contributed by atoms with Gasteiger partial charge in [-0.25, -0.2) is 0 Å². The fourth-order valence-corrected chi connectivity index (χ4v) is 2.35. The van der Waals surface area contributed by atoms with Crippen LogP contribution >= 0.6 is 0 Å². The average molecular weight is 184 g/mol. The normalized spacial score (nSPS) is 10.2. The van der Waals surface area contributed by atoms with Crippen molar-refractivity contribution in [2.24, 2.45) is 0 Å². The van der Waals surface area contributed by atoms with Crippen LogP contribution in [0.25, 0.3) is 9.65 Å². The fraction of sp³-hybridized carbons (Fsp3) is 0. The summed E-state index contributed by atoms with van der Waals surface area (Å²) in [7, 11) is 0. The van der Waals surface area contributed by atoms with Crippen molar-refractivity contribution in [2.45, 2.75) is 0 Å². The first-order valence-electron chi connectivity index (χ1n) is 2.69. The summed E-state index contributed by atoms with van der Waals surface area (Å²) in [5, 5.41) is 1.25. The molecule has 0 N–H and O–H groups in total. The Kier molecular flexibility index (Phi) is 1.15. The van der Waals surface area contributed by atoms with Gasteiger partial charge in [-0.3, -0.25) is 0 Å². The zero-order valence-electron chi connectivity index (χ0n) is 4.70. The quantitative estimate of drug-likeness (QED) is 0.448. The van der Waals surface area contributed by atoms with Crippen molar-refractivity contribution >= 4 is 24.1 Å². The summed E-state index contributed by atoms with van der Waals surface area (Å²) < 4.78 is 6.40. The van der Waals surface area contributed by atoms with E-state index in [-0.39, 0.29) is 0 Å². The maximum absolute atomic E-state index is 4.98. The molecule has 0 aromatic carbocycles. The molecule has 44 valence electrons. The van der Waals surface area contributed by atoms with E-state index >= 15 is 0 Å². The van der Waals surface area contributed by atoms with E-state index in [1.165, 1.54) is 9.65 Å². The summed E-state index contributed by atoms with van der Waals surface area (Å²) in [6.45, 7) is 0. The van der Waals surface area contributed by atoms with Crippen molar-refractivity contribution in [1.29, 1.82) is 0 Å². The zero-order valence-corrected chi connectivity index (χ0v) is 6.42. The predicted molar refractivity (Wildman–Crippen MR) is 37.6 cm³/mol. The molecule has 0 fully saturated rings. The van der Waals surface area contributed by atoms with Gasteiger partial charge in [0.25, 0.3) is 0 Å². The molecule has 9 heavy (non-hydrogen) atoms. The molecule has 0 saturated heterocycles. The number of fused-ring (bicyclic) bond motifs is 1. The molecule has 2 rings (SSSR count). The van der Waals surface area contributed by atoms with Gasteiger partial charge in [0.05, 0.1) is 0 Å². The molecule has 2 heterocycles. The van der Waals surface area contributed by atoms with Crippen LogP contribution in [0.3, 0.4) is 0 Å². The monoisotopic (exact) mass is 185 g/mol. The van der Waals surface area contributed by atoms with Crippen molar-refractivity contribution in [1.82, 2.24) is 0 Å². The first kappa shape index (κ1) is 5.21. The van der Waals surface area contributed by atoms with Crippen LogP contribution in [-0.4, -0.2) is 14.5 Å². The second-order valence-corrected chi connectivity index (χ2v) is 3.79. The Balaban J connectivity index is 2.95. The van der Waals surface area contributed by atoms with Crippen LogP contribution in [-0.2, 0) is 0 Å². The Morgan fingerprint density at radius 2 is 2.33 bits per heavy atom. The van der Waals surface area contributed by atoms with Gasteiger partial charge < -0.3 is 0 Å². The van der Waals surface area contributed by atoms with Crippen LogP contribution in [0.2, 0.25) is 0 Å². The van der Waals surface area contributed by atoms with Gasteiger partial charge in [0, 0.05) is 0 Å². The summed E-state index contributed by atoms with van der Waals surface area (Å²) in [5.41, 5.74) is 0. The van der Waals surface area contributed by atoms with E-state index in [0.29, 0.717) is 14.5 Å². The first-order valence-corrected chi connectivity index (χ1v) is 4.54. The molecule has 0 aliphatic rings. The number of hydrogen-bond acceptors (Lipinski definition) is 0. The van der Waals surface area contributed by atoms with E-state index in [1.807, 2.05) is 6.07 Å². The third kappa shape index (κ3) is 0.805. The fourth-order valence-electron chi connectivity index (χ4n) is 0.777.